The number of benzene rings is 1. The van der Waals surface area contributed by atoms with Crippen LogP contribution in [0.3, 0.4) is 0 Å². The van der Waals surface area contributed by atoms with E-state index in [1.165, 1.54) is 9.13 Å². The molecule has 26 heavy (non-hydrogen) atoms. The Morgan fingerprint density at radius 2 is 1.88 bits per heavy atom. The highest BCUT2D eigenvalue weighted by atomic mass is 35.5. The summed E-state index contributed by atoms with van der Waals surface area (Å²) in [4.78, 5) is 30.2. The molecule has 1 aliphatic carbocycles. The molecule has 0 bridgehead atoms. The van der Waals surface area contributed by atoms with Gasteiger partial charge in [-0.2, -0.15) is 4.98 Å². The van der Waals surface area contributed by atoms with Crippen molar-refractivity contribution < 1.29 is 0 Å². The minimum absolute atomic E-state index is 0.106. The molecule has 0 amide bonds. The lowest BCUT2D eigenvalue weighted by molar-refractivity contribution is 0.655. The monoisotopic (exact) mass is 393 g/mol. The van der Waals surface area contributed by atoms with E-state index in [2.05, 4.69) is 10.3 Å². The van der Waals surface area contributed by atoms with Crippen LogP contribution >= 0.6 is 23.2 Å². The van der Waals surface area contributed by atoms with Crippen molar-refractivity contribution in [2.45, 2.75) is 25.4 Å². The number of anilines is 1. The molecule has 2 aromatic heterocycles. The van der Waals surface area contributed by atoms with E-state index in [0.29, 0.717) is 33.2 Å². The van der Waals surface area contributed by atoms with Gasteiger partial charge in [-0.25, -0.2) is 4.79 Å². The number of nitrogens with zero attached hydrogens (tertiary/aromatic N) is 4. The zero-order valence-corrected chi connectivity index (χ0v) is 15.8. The first kappa shape index (κ1) is 17.2. The molecular formula is C17H17Cl2N5O2. The third kappa shape index (κ3) is 2.81. The summed E-state index contributed by atoms with van der Waals surface area (Å²) >= 11 is 12.0. The Morgan fingerprint density at radius 3 is 2.54 bits per heavy atom. The molecule has 0 spiro atoms. The number of nitrogens with one attached hydrogen (secondary N) is 1. The Labute approximate surface area is 158 Å². The van der Waals surface area contributed by atoms with Gasteiger partial charge >= 0.3 is 5.69 Å². The van der Waals surface area contributed by atoms with E-state index in [1.807, 2.05) is 0 Å². The van der Waals surface area contributed by atoms with Crippen LogP contribution in [0.15, 0.2) is 27.8 Å². The van der Waals surface area contributed by atoms with Gasteiger partial charge in [-0.15, -0.1) is 0 Å². The lowest BCUT2D eigenvalue weighted by Gasteiger charge is -2.09. The van der Waals surface area contributed by atoms with Crippen LogP contribution in [0.5, 0.6) is 0 Å². The van der Waals surface area contributed by atoms with Crippen LogP contribution in [-0.4, -0.2) is 24.7 Å². The molecular weight excluding hydrogens is 377 g/mol. The Balaban J connectivity index is 1.86. The summed E-state index contributed by atoms with van der Waals surface area (Å²) in [5.41, 5.74) is 0.667. The second kappa shape index (κ2) is 6.17. The van der Waals surface area contributed by atoms with E-state index in [4.69, 9.17) is 23.2 Å². The smallest absolute Gasteiger partial charge is 0.332 e. The van der Waals surface area contributed by atoms with E-state index < -0.39 is 5.69 Å². The number of aromatic nitrogens is 4. The van der Waals surface area contributed by atoms with Gasteiger partial charge in [0.1, 0.15) is 0 Å². The molecule has 136 valence electrons. The standard InChI is InChI=1S/C17H17Cl2N5O2/c1-22-13-14(21-16(22)20-10-4-5-10)23(2)17(26)24(15(13)25)8-9-3-6-11(18)12(19)7-9/h3,6-7,10H,4-5,8H2,1-2H3,(H,20,21). The van der Waals surface area contributed by atoms with E-state index >= 15 is 0 Å². The highest BCUT2D eigenvalue weighted by Crippen LogP contribution is 2.25. The van der Waals surface area contributed by atoms with Crippen LogP contribution in [0.25, 0.3) is 11.2 Å². The normalized spacial score (nSPS) is 14.2. The highest BCUT2D eigenvalue weighted by molar-refractivity contribution is 6.42. The van der Waals surface area contributed by atoms with E-state index in [9.17, 15) is 9.59 Å². The SMILES string of the molecule is Cn1c(NC2CC2)nc2c1c(=O)n(Cc1ccc(Cl)c(Cl)c1)c(=O)n2C. The molecule has 2 heterocycles. The second-order valence-corrected chi connectivity index (χ2v) is 7.38. The molecule has 0 aliphatic heterocycles. The van der Waals surface area contributed by atoms with Crippen LogP contribution in [0.2, 0.25) is 10.0 Å². The zero-order chi connectivity index (χ0) is 18.6. The molecule has 7 nitrogen and oxygen atoms in total. The molecule has 9 heteroatoms. The molecule has 3 aromatic rings. The van der Waals surface area contributed by atoms with Gasteiger partial charge in [-0.05, 0) is 30.5 Å². The number of aryl methyl sites for hydroxylation is 2. The first-order valence-electron chi connectivity index (χ1n) is 8.23. The second-order valence-electron chi connectivity index (χ2n) is 6.57. The van der Waals surface area contributed by atoms with Crippen molar-refractivity contribution in [2.24, 2.45) is 14.1 Å². The third-order valence-corrected chi connectivity index (χ3v) is 5.33. The molecule has 0 radical (unpaired) electrons. The zero-order valence-electron chi connectivity index (χ0n) is 14.3. The number of halogens is 2. The average Bonchev–Trinajstić information content (AvgIpc) is 3.36. The molecule has 1 aliphatic rings. The molecule has 0 saturated heterocycles. The van der Waals surface area contributed by atoms with Crippen molar-refractivity contribution in [3.63, 3.8) is 0 Å². The first-order valence-corrected chi connectivity index (χ1v) is 8.99. The van der Waals surface area contributed by atoms with Crippen LogP contribution < -0.4 is 16.6 Å². The van der Waals surface area contributed by atoms with Gasteiger partial charge in [-0.1, -0.05) is 29.3 Å². The molecule has 0 atom stereocenters. The van der Waals surface area contributed by atoms with Gasteiger partial charge < -0.3 is 9.88 Å². The number of hydrogen-bond donors (Lipinski definition) is 1. The number of fused-ring (bicyclic) bond motifs is 1. The topological polar surface area (TPSA) is 73.8 Å². The van der Waals surface area contributed by atoms with Gasteiger partial charge in [0, 0.05) is 20.1 Å². The van der Waals surface area contributed by atoms with Gasteiger partial charge in [-0.3, -0.25) is 13.9 Å². The minimum Gasteiger partial charge on any atom is -0.353 e. The van der Waals surface area contributed by atoms with Crippen molar-refractivity contribution in [3.8, 4) is 0 Å². The lowest BCUT2D eigenvalue weighted by Crippen LogP contribution is -2.39. The maximum Gasteiger partial charge on any atom is 0.332 e. The summed E-state index contributed by atoms with van der Waals surface area (Å²) in [6.07, 6.45) is 2.17. The van der Waals surface area contributed by atoms with Crippen LogP contribution in [0.4, 0.5) is 5.95 Å². The van der Waals surface area contributed by atoms with Gasteiger partial charge in [0.2, 0.25) is 5.95 Å². The molecule has 1 fully saturated rings. The van der Waals surface area contributed by atoms with Gasteiger partial charge in [0.05, 0.1) is 16.6 Å². The van der Waals surface area contributed by atoms with Crippen molar-refractivity contribution in [1.82, 2.24) is 18.7 Å². The maximum absolute atomic E-state index is 13.0. The first-order chi connectivity index (χ1) is 12.4. The van der Waals surface area contributed by atoms with Crippen LogP contribution in [0, 0.1) is 0 Å². The summed E-state index contributed by atoms with van der Waals surface area (Å²) in [5, 5.41) is 4.09. The Morgan fingerprint density at radius 1 is 1.15 bits per heavy atom. The Kier molecular flexibility index (Phi) is 4.08. The van der Waals surface area contributed by atoms with Crippen molar-refractivity contribution in [3.05, 3.63) is 54.6 Å². The van der Waals surface area contributed by atoms with Crippen LogP contribution in [0.1, 0.15) is 18.4 Å². The third-order valence-electron chi connectivity index (χ3n) is 4.60. The lowest BCUT2D eigenvalue weighted by atomic mass is 10.2. The Bertz CT molecular complexity index is 1140. The molecule has 1 N–H and O–H groups in total. The fourth-order valence-electron chi connectivity index (χ4n) is 2.94. The predicted molar refractivity (Wildman–Crippen MR) is 102 cm³/mol. The van der Waals surface area contributed by atoms with Crippen molar-refractivity contribution >= 4 is 40.3 Å². The molecule has 0 unspecified atom stereocenters. The number of imidazole rings is 1. The number of hydrogen-bond acceptors (Lipinski definition) is 4. The fraction of sp³-hybridized carbons (Fsp3) is 0.353. The predicted octanol–water partition coefficient (Wildman–Crippen LogP) is 2.36. The van der Waals surface area contributed by atoms with E-state index in [-0.39, 0.29) is 12.1 Å². The van der Waals surface area contributed by atoms with Crippen molar-refractivity contribution in [1.29, 1.82) is 0 Å². The van der Waals surface area contributed by atoms with Crippen molar-refractivity contribution in [2.75, 3.05) is 5.32 Å². The molecule has 4 rings (SSSR count). The maximum atomic E-state index is 13.0. The highest BCUT2D eigenvalue weighted by Gasteiger charge is 2.25. The largest absolute Gasteiger partial charge is 0.353 e. The Hall–Kier alpha value is -2.25. The minimum atomic E-state index is -0.426. The molecule has 1 saturated carbocycles. The summed E-state index contributed by atoms with van der Waals surface area (Å²) in [5.74, 6) is 0.599. The average molecular weight is 394 g/mol. The van der Waals surface area contributed by atoms with E-state index in [0.717, 1.165) is 18.4 Å². The van der Waals surface area contributed by atoms with E-state index in [1.54, 1.807) is 36.9 Å². The summed E-state index contributed by atoms with van der Waals surface area (Å²) in [6.45, 7) is 0.106. The van der Waals surface area contributed by atoms with Gasteiger partial charge in [0.25, 0.3) is 5.56 Å². The van der Waals surface area contributed by atoms with Crippen LogP contribution in [-0.2, 0) is 20.6 Å². The summed E-state index contributed by atoms with van der Waals surface area (Å²) in [7, 11) is 3.39. The van der Waals surface area contributed by atoms with Gasteiger partial charge in [0.15, 0.2) is 11.2 Å². The quantitative estimate of drug-likeness (QED) is 0.738. The summed E-state index contributed by atoms with van der Waals surface area (Å²) < 4.78 is 4.29. The summed E-state index contributed by atoms with van der Waals surface area (Å²) in [6, 6.07) is 5.44. The molecule has 1 aromatic carbocycles. The fourth-order valence-corrected chi connectivity index (χ4v) is 3.26. The number of rotatable bonds is 4.